The van der Waals surface area contributed by atoms with Crippen molar-refractivity contribution < 1.29 is 4.79 Å². The van der Waals surface area contributed by atoms with E-state index in [9.17, 15) is 4.79 Å². The first-order chi connectivity index (χ1) is 7.00. The minimum absolute atomic E-state index is 0.281. The third kappa shape index (κ3) is 2.00. The third-order valence-corrected chi connectivity index (χ3v) is 4.77. The van der Waals surface area contributed by atoms with Gasteiger partial charge in [-0.1, -0.05) is 13.8 Å². The number of carbonyl (C=O) groups excluding carboxylic acids is 1. The Bertz CT molecular complexity index is 376. The molecule has 1 saturated carbocycles. The highest BCUT2D eigenvalue weighted by Crippen LogP contribution is 2.47. The fourth-order valence-corrected chi connectivity index (χ4v) is 3.67. The average Bonchev–Trinajstić information content (AvgIpc) is 2.56. The number of thiophene rings is 1. The van der Waals surface area contributed by atoms with Crippen molar-refractivity contribution in [3.05, 3.63) is 21.9 Å². The molecule has 15 heavy (non-hydrogen) atoms. The van der Waals surface area contributed by atoms with Gasteiger partial charge >= 0.3 is 0 Å². The number of rotatable bonds is 1. The summed E-state index contributed by atoms with van der Waals surface area (Å²) in [5.74, 6) is 0.880. The molecule has 1 aromatic rings. The quantitative estimate of drug-likeness (QED) is 0.704. The molecule has 1 unspecified atom stereocenters. The predicted molar refractivity (Wildman–Crippen MR) is 64.4 cm³/mol. The molecule has 0 spiro atoms. The average molecular weight is 222 g/mol. The van der Waals surface area contributed by atoms with Gasteiger partial charge in [0, 0.05) is 23.6 Å². The van der Waals surface area contributed by atoms with Gasteiger partial charge in [-0.2, -0.15) is 0 Å². The molecule has 1 aromatic heterocycles. The monoisotopic (exact) mass is 222 g/mol. The number of aryl methyl sites for hydroxylation is 1. The molecule has 0 aromatic carbocycles. The lowest BCUT2D eigenvalue weighted by molar-refractivity contribution is -0.122. The molecule has 1 aliphatic carbocycles. The Hall–Kier alpha value is -0.630. The molecule has 1 fully saturated rings. The molecule has 2 rings (SSSR count). The predicted octanol–water partition coefficient (Wildman–Crippen LogP) is 3.92. The second-order valence-electron chi connectivity index (χ2n) is 5.25. The van der Waals surface area contributed by atoms with Crippen molar-refractivity contribution in [2.24, 2.45) is 5.41 Å². The molecule has 0 radical (unpaired) electrons. The van der Waals surface area contributed by atoms with Crippen LogP contribution in [0.4, 0.5) is 0 Å². The van der Waals surface area contributed by atoms with E-state index in [1.807, 2.05) is 11.3 Å². The zero-order chi connectivity index (χ0) is 11.1. The highest BCUT2D eigenvalue weighted by atomic mass is 32.1. The van der Waals surface area contributed by atoms with Crippen LogP contribution in [0.2, 0.25) is 0 Å². The molecule has 82 valence electrons. The minimum atomic E-state index is 0.281. The van der Waals surface area contributed by atoms with Crippen molar-refractivity contribution in [1.29, 1.82) is 0 Å². The number of carbonyl (C=O) groups is 1. The summed E-state index contributed by atoms with van der Waals surface area (Å²) in [4.78, 5) is 13.0. The molecule has 0 N–H and O–H groups in total. The van der Waals surface area contributed by atoms with Gasteiger partial charge in [0.15, 0.2) is 0 Å². The van der Waals surface area contributed by atoms with Crippen molar-refractivity contribution in [2.45, 2.75) is 46.0 Å². The maximum atomic E-state index is 11.6. The van der Waals surface area contributed by atoms with Crippen molar-refractivity contribution in [3.63, 3.8) is 0 Å². The van der Waals surface area contributed by atoms with E-state index in [0.29, 0.717) is 11.7 Å². The van der Waals surface area contributed by atoms with E-state index in [1.165, 1.54) is 10.4 Å². The fourth-order valence-electron chi connectivity index (χ4n) is 2.43. The summed E-state index contributed by atoms with van der Waals surface area (Å²) in [5.41, 5.74) is 1.64. The lowest BCUT2D eigenvalue weighted by Crippen LogP contribution is -2.30. The molecule has 0 bridgehead atoms. The maximum Gasteiger partial charge on any atom is 0.133 e. The second-order valence-corrected chi connectivity index (χ2v) is 6.20. The molecular weight excluding hydrogens is 204 g/mol. The largest absolute Gasteiger partial charge is 0.300 e. The standard InChI is InChI=1S/C13H18OS/c1-9-5-7-15-12(9)11-8-10(14)4-6-13(11,2)3/h5,7,11H,4,6,8H2,1-3H3. The molecule has 2 heteroatoms. The summed E-state index contributed by atoms with van der Waals surface area (Å²) >= 11 is 1.81. The van der Waals surface area contributed by atoms with E-state index in [0.717, 1.165) is 19.3 Å². The SMILES string of the molecule is Cc1ccsc1C1CC(=O)CCC1(C)C. The van der Waals surface area contributed by atoms with Crippen molar-refractivity contribution in [3.8, 4) is 0 Å². The second kappa shape index (κ2) is 3.75. The van der Waals surface area contributed by atoms with Crippen LogP contribution in [0.5, 0.6) is 0 Å². The van der Waals surface area contributed by atoms with Gasteiger partial charge in [0.25, 0.3) is 0 Å². The Kier molecular flexibility index (Phi) is 2.72. The maximum absolute atomic E-state index is 11.6. The van der Waals surface area contributed by atoms with Crippen LogP contribution in [-0.2, 0) is 4.79 Å². The van der Waals surface area contributed by atoms with Gasteiger partial charge in [0.1, 0.15) is 5.78 Å². The number of Topliss-reactive ketones (excluding diaryl/α,β-unsaturated/α-hetero) is 1. The topological polar surface area (TPSA) is 17.1 Å². The Balaban J connectivity index is 2.33. The van der Waals surface area contributed by atoms with E-state index in [4.69, 9.17) is 0 Å². The van der Waals surface area contributed by atoms with Crippen molar-refractivity contribution in [1.82, 2.24) is 0 Å². The van der Waals surface area contributed by atoms with Gasteiger partial charge in [0.05, 0.1) is 0 Å². The molecular formula is C13H18OS. The van der Waals surface area contributed by atoms with Crippen LogP contribution in [-0.4, -0.2) is 5.78 Å². The fraction of sp³-hybridized carbons (Fsp3) is 0.615. The summed E-state index contributed by atoms with van der Waals surface area (Å²) in [6.07, 6.45) is 2.55. The first kappa shape index (κ1) is 10.9. The summed E-state index contributed by atoms with van der Waals surface area (Å²) in [5, 5.41) is 2.14. The first-order valence-electron chi connectivity index (χ1n) is 5.56. The van der Waals surface area contributed by atoms with Crippen LogP contribution in [0.25, 0.3) is 0 Å². The van der Waals surface area contributed by atoms with Crippen molar-refractivity contribution >= 4 is 17.1 Å². The van der Waals surface area contributed by atoms with Gasteiger partial charge in [-0.25, -0.2) is 0 Å². The van der Waals surface area contributed by atoms with Gasteiger partial charge in [-0.15, -0.1) is 11.3 Å². The zero-order valence-corrected chi connectivity index (χ0v) is 10.5. The normalized spacial score (nSPS) is 25.5. The van der Waals surface area contributed by atoms with E-state index >= 15 is 0 Å². The molecule has 1 aliphatic rings. The van der Waals surface area contributed by atoms with Crippen LogP contribution >= 0.6 is 11.3 Å². The Morgan fingerprint density at radius 1 is 1.47 bits per heavy atom. The summed E-state index contributed by atoms with van der Waals surface area (Å²) in [6.45, 7) is 6.74. The molecule has 0 amide bonds. The van der Waals surface area contributed by atoms with E-state index < -0.39 is 0 Å². The van der Waals surface area contributed by atoms with E-state index in [-0.39, 0.29) is 5.41 Å². The van der Waals surface area contributed by atoms with Gasteiger partial charge in [0.2, 0.25) is 0 Å². The van der Waals surface area contributed by atoms with Crippen molar-refractivity contribution in [2.75, 3.05) is 0 Å². The zero-order valence-electron chi connectivity index (χ0n) is 9.67. The van der Waals surface area contributed by atoms with Crippen LogP contribution < -0.4 is 0 Å². The molecule has 1 heterocycles. The number of ketones is 1. The molecule has 1 atom stereocenters. The summed E-state index contributed by atoms with van der Waals surface area (Å²) in [6, 6.07) is 2.16. The molecule has 0 aliphatic heterocycles. The lowest BCUT2D eigenvalue weighted by Gasteiger charge is -2.37. The van der Waals surface area contributed by atoms with Crippen LogP contribution in [0.3, 0.4) is 0 Å². The minimum Gasteiger partial charge on any atom is -0.300 e. The number of hydrogen-bond acceptors (Lipinski definition) is 2. The molecule has 1 nitrogen and oxygen atoms in total. The van der Waals surface area contributed by atoms with E-state index in [2.05, 4.69) is 32.2 Å². The third-order valence-electron chi connectivity index (χ3n) is 3.64. The van der Waals surface area contributed by atoms with Gasteiger partial charge < -0.3 is 0 Å². The molecule has 0 saturated heterocycles. The lowest BCUT2D eigenvalue weighted by atomic mass is 9.67. The van der Waals surface area contributed by atoms with Gasteiger partial charge in [-0.3, -0.25) is 4.79 Å². The number of hydrogen-bond donors (Lipinski definition) is 0. The van der Waals surface area contributed by atoms with Crippen LogP contribution in [0.15, 0.2) is 11.4 Å². The van der Waals surface area contributed by atoms with Crippen LogP contribution in [0.1, 0.15) is 49.5 Å². The highest BCUT2D eigenvalue weighted by molar-refractivity contribution is 7.10. The van der Waals surface area contributed by atoms with Gasteiger partial charge in [-0.05, 0) is 35.8 Å². The highest BCUT2D eigenvalue weighted by Gasteiger charge is 2.37. The van der Waals surface area contributed by atoms with E-state index in [1.54, 1.807) is 0 Å². The Morgan fingerprint density at radius 2 is 2.20 bits per heavy atom. The summed E-state index contributed by atoms with van der Waals surface area (Å²) in [7, 11) is 0. The first-order valence-corrected chi connectivity index (χ1v) is 6.44. The smallest absolute Gasteiger partial charge is 0.133 e. The Labute approximate surface area is 95.5 Å². The summed E-state index contributed by atoms with van der Waals surface area (Å²) < 4.78 is 0. The van der Waals surface area contributed by atoms with Crippen LogP contribution in [0, 0.1) is 12.3 Å². The Morgan fingerprint density at radius 3 is 2.80 bits per heavy atom.